The number of nitrogens with zero attached hydrogens (tertiary/aromatic N) is 1. The first-order valence-corrected chi connectivity index (χ1v) is 8.17. The molecule has 25 heavy (non-hydrogen) atoms. The molecule has 0 fully saturated rings. The van der Waals surface area contributed by atoms with Crippen LogP contribution in [0.25, 0.3) is 0 Å². The smallest absolute Gasteiger partial charge is 0.310 e. The third-order valence-electron chi connectivity index (χ3n) is 3.96. The van der Waals surface area contributed by atoms with Gasteiger partial charge in [-0.1, -0.05) is 37.3 Å². The van der Waals surface area contributed by atoms with Crippen molar-refractivity contribution in [3.8, 4) is 5.75 Å². The number of hydrogen-bond acceptors (Lipinski definition) is 5. The minimum Gasteiger partial charge on any atom is -0.497 e. The predicted molar refractivity (Wildman–Crippen MR) is 94.0 cm³/mol. The molecular weight excluding hydrogens is 318 g/mol. The summed E-state index contributed by atoms with van der Waals surface area (Å²) in [5.41, 5.74) is 0.133. The predicted octanol–water partition coefficient (Wildman–Crippen LogP) is 3.42. The van der Waals surface area contributed by atoms with Crippen molar-refractivity contribution >= 4 is 17.5 Å². The van der Waals surface area contributed by atoms with Crippen LogP contribution in [0.3, 0.4) is 0 Å². The van der Waals surface area contributed by atoms with Crippen LogP contribution in [0.4, 0.5) is 0 Å². The topological polar surface area (TPSA) is 65.0 Å². The molecule has 0 N–H and O–H groups in total. The van der Waals surface area contributed by atoms with Gasteiger partial charge in [0.15, 0.2) is 0 Å². The van der Waals surface area contributed by atoms with E-state index in [0.29, 0.717) is 23.4 Å². The van der Waals surface area contributed by atoms with Crippen LogP contribution in [0.1, 0.15) is 35.7 Å². The summed E-state index contributed by atoms with van der Waals surface area (Å²) in [6, 6.07) is 16.0. The Kier molecular flexibility index (Phi) is 4.65. The van der Waals surface area contributed by atoms with Crippen LogP contribution in [0.5, 0.6) is 5.75 Å². The number of ether oxygens (including phenoxy) is 2. The molecule has 3 rings (SSSR count). The maximum atomic E-state index is 13.0. The molecule has 1 aliphatic heterocycles. The monoisotopic (exact) mass is 337 g/mol. The summed E-state index contributed by atoms with van der Waals surface area (Å²) in [6.45, 7) is 1.88. The summed E-state index contributed by atoms with van der Waals surface area (Å²) < 4.78 is 10.6. The summed E-state index contributed by atoms with van der Waals surface area (Å²) in [4.78, 5) is 29.4. The number of carbonyl (C=O) groups is 2. The Morgan fingerprint density at radius 3 is 2.32 bits per heavy atom. The average molecular weight is 337 g/mol. The molecule has 2 aromatic carbocycles. The van der Waals surface area contributed by atoms with Crippen molar-refractivity contribution in [2.75, 3.05) is 7.11 Å². The van der Waals surface area contributed by atoms with Crippen LogP contribution in [0, 0.1) is 0 Å². The molecule has 0 saturated heterocycles. The van der Waals surface area contributed by atoms with E-state index in [4.69, 9.17) is 9.47 Å². The number of aliphatic imine (C=N–C) groups is 1. The minimum absolute atomic E-state index is 0.245. The first-order valence-electron chi connectivity index (χ1n) is 8.17. The zero-order valence-corrected chi connectivity index (χ0v) is 14.2. The van der Waals surface area contributed by atoms with E-state index in [-0.39, 0.29) is 12.2 Å². The number of hydrogen-bond donors (Lipinski definition) is 0. The van der Waals surface area contributed by atoms with E-state index < -0.39 is 11.7 Å². The van der Waals surface area contributed by atoms with E-state index in [0.717, 1.165) is 5.56 Å². The van der Waals surface area contributed by atoms with Crippen LogP contribution in [-0.4, -0.2) is 30.3 Å². The van der Waals surface area contributed by atoms with E-state index >= 15 is 0 Å². The lowest BCUT2D eigenvalue weighted by Crippen LogP contribution is -2.36. The average Bonchev–Trinajstić information content (AvgIpc) is 3.37. The highest BCUT2D eigenvalue weighted by Gasteiger charge is 2.58. The summed E-state index contributed by atoms with van der Waals surface area (Å²) in [5, 5.41) is 0. The van der Waals surface area contributed by atoms with Crippen molar-refractivity contribution in [2.24, 2.45) is 4.99 Å². The second-order valence-electron chi connectivity index (χ2n) is 5.75. The third-order valence-corrected chi connectivity index (χ3v) is 3.96. The van der Waals surface area contributed by atoms with Crippen molar-refractivity contribution in [1.29, 1.82) is 0 Å². The number of carbonyl (C=O) groups excluding carboxylic acids is 2. The third kappa shape index (κ3) is 3.31. The molecule has 0 aromatic heterocycles. The van der Waals surface area contributed by atoms with Crippen molar-refractivity contribution in [2.45, 2.75) is 25.5 Å². The fourth-order valence-corrected chi connectivity index (χ4v) is 2.62. The molecule has 1 aliphatic rings. The maximum absolute atomic E-state index is 13.0. The molecule has 5 nitrogen and oxygen atoms in total. The van der Waals surface area contributed by atoms with Crippen molar-refractivity contribution in [3.63, 3.8) is 0 Å². The fourth-order valence-electron chi connectivity index (χ4n) is 2.62. The van der Waals surface area contributed by atoms with E-state index in [1.54, 1.807) is 31.4 Å². The highest BCUT2D eigenvalue weighted by molar-refractivity contribution is 6.33. The Morgan fingerprint density at radius 1 is 1.04 bits per heavy atom. The summed E-state index contributed by atoms with van der Waals surface area (Å²) in [7, 11) is 1.56. The Hall–Kier alpha value is -2.95. The normalized spacial score (nSPS) is 18.2. The Bertz CT molecular complexity index is 811. The standard InChI is InChI=1S/C20H19NO4/c1-3-7-17(22)25-20(18(21-20)14-8-5-4-6-9-14)19(23)15-10-12-16(24-2)13-11-15/h4-6,8-13H,3,7H2,1-2H3. The van der Waals surface area contributed by atoms with Gasteiger partial charge in [0.2, 0.25) is 5.78 Å². The van der Waals surface area contributed by atoms with Gasteiger partial charge < -0.3 is 9.47 Å². The fraction of sp³-hybridized carbons (Fsp3) is 0.250. The van der Waals surface area contributed by atoms with Gasteiger partial charge in [0.05, 0.1) is 7.11 Å². The molecule has 0 bridgehead atoms. The van der Waals surface area contributed by atoms with Gasteiger partial charge in [-0.15, -0.1) is 0 Å². The Labute approximate surface area is 146 Å². The molecule has 1 unspecified atom stereocenters. The van der Waals surface area contributed by atoms with Crippen LogP contribution < -0.4 is 4.74 Å². The minimum atomic E-state index is -1.54. The quantitative estimate of drug-likeness (QED) is 0.573. The number of methoxy groups -OCH3 is 1. The van der Waals surface area contributed by atoms with Gasteiger partial charge in [-0.2, -0.15) is 0 Å². The van der Waals surface area contributed by atoms with Crippen molar-refractivity contribution in [3.05, 3.63) is 65.7 Å². The highest BCUT2D eigenvalue weighted by Crippen LogP contribution is 2.38. The van der Waals surface area contributed by atoms with Gasteiger partial charge in [0, 0.05) is 17.5 Å². The summed E-state index contributed by atoms with van der Waals surface area (Å²) >= 11 is 0. The molecule has 1 atom stereocenters. The number of esters is 1. The van der Waals surface area contributed by atoms with Gasteiger partial charge in [0.1, 0.15) is 11.5 Å². The highest BCUT2D eigenvalue weighted by atomic mass is 16.6. The molecule has 0 saturated carbocycles. The first kappa shape index (κ1) is 16.9. The molecule has 128 valence electrons. The Balaban J connectivity index is 1.89. The van der Waals surface area contributed by atoms with Gasteiger partial charge in [-0.05, 0) is 30.7 Å². The largest absolute Gasteiger partial charge is 0.497 e. The zero-order valence-electron chi connectivity index (χ0n) is 14.2. The lowest BCUT2D eigenvalue weighted by Gasteiger charge is -2.16. The maximum Gasteiger partial charge on any atom is 0.310 e. The van der Waals surface area contributed by atoms with Gasteiger partial charge >= 0.3 is 11.7 Å². The zero-order chi connectivity index (χ0) is 17.9. The van der Waals surface area contributed by atoms with E-state index in [1.807, 2.05) is 37.3 Å². The molecule has 0 aliphatic carbocycles. The molecule has 0 amide bonds. The van der Waals surface area contributed by atoms with Crippen LogP contribution >= 0.6 is 0 Å². The number of benzene rings is 2. The van der Waals surface area contributed by atoms with E-state index in [9.17, 15) is 9.59 Å². The lowest BCUT2D eigenvalue weighted by molar-refractivity contribution is -0.148. The SMILES string of the molecule is CCCC(=O)OC1(C(=O)c2ccc(OC)cc2)N=C1c1ccccc1. The molecular formula is C20H19NO4. The van der Waals surface area contributed by atoms with E-state index in [2.05, 4.69) is 4.99 Å². The van der Waals surface area contributed by atoms with Gasteiger partial charge in [-0.3, -0.25) is 9.59 Å². The van der Waals surface area contributed by atoms with Crippen molar-refractivity contribution < 1.29 is 19.1 Å². The first-order chi connectivity index (χ1) is 12.1. The molecule has 1 heterocycles. The van der Waals surface area contributed by atoms with Crippen LogP contribution in [0.2, 0.25) is 0 Å². The van der Waals surface area contributed by atoms with Crippen LogP contribution in [-0.2, 0) is 9.53 Å². The molecule has 0 radical (unpaired) electrons. The summed E-state index contributed by atoms with van der Waals surface area (Å²) in [6.07, 6.45) is 0.890. The Morgan fingerprint density at radius 2 is 1.72 bits per heavy atom. The second kappa shape index (κ2) is 6.89. The lowest BCUT2D eigenvalue weighted by atomic mass is 9.99. The second-order valence-corrected chi connectivity index (χ2v) is 5.75. The molecule has 2 aromatic rings. The summed E-state index contributed by atoms with van der Waals surface area (Å²) in [5.74, 6) is -0.133. The van der Waals surface area contributed by atoms with Gasteiger partial charge in [-0.25, -0.2) is 4.99 Å². The van der Waals surface area contributed by atoms with Crippen molar-refractivity contribution in [1.82, 2.24) is 0 Å². The van der Waals surface area contributed by atoms with Crippen LogP contribution in [0.15, 0.2) is 59.6 Å². The molecule has 5 heteroatoms. The number of rotatable bonds is 7. The number of ketones is 1. The molecule has 0 spiro atoms. The number of Topliss-reactive ketones (excluding diaryl/α,β-unsaturated/α-hetero) is 1. The van der Waals surface area contributed by atoms with E-state index in [1.165, 1.54) is 0 Å². The van der Waals surface area contributed by atoms with Gasteiger partial charge in [0.25, 0.3) is 0 Å².